The van der Waals surface area contributed by atoms with Gasteiger partial charge in [-0.3, -0.25) is 4.79 Å². The Morgan fingerprint density at radius 3 is 2.62 bits per heavy atom. The summed E-state index contributed by atoms with van der Waals surface area (Å²) in [7, 11) is 1.61. The number of rotatable bonds is 5. The maximum absolute atomic E-state index is 11.9. The molecule has 0 radical (unpaired) electrons. The van der Waals surface area contributed by atoms with Crippen LogP contribution in [0.5, 0.6) is 5.75 Å². The minimum absolute atomic E-state index is 0.151. The molecule has 2 aromatic rings. The van der Waals surface area contributed by atoms with Gasteiger partial charge < -0.3 is 25.1 Å². The van der Waals surface area contributed by atoms with Gasteiger partial charge in [0.05, 0.1) is 7.11 Å². The topological polar surface area (TPSA) is 92.5 Å². The Kier molecular flexibility index (Phi) is 5.33. The van der Waals surface area contributed by atoms with Crippen molar-refractivity contribution in [1.82, 2.24) is 10.3 Å². The summed E-state index contributed by atoms with van der Waals surface area (Å²) in [5, 5.41) is 6.25. The molecule has 130 valence electrons. The number of benzene rings is 1. The van der Waals surface area contributed by atoms with E-state index in [9.17, 15) is 9.59 Å². The smallest absolute Gasteiger partial charge is 0.407 e. The van der Waals surface area contributed by atoms with Crippen molar-refractivity contribution in [3.63, 3.8) is 0 Å². The maximum atomic E-state index is 11.9. The van der Waals surface area contributed by atoms with Crippen molar-refractivity contribution >= 4 is 28.7 Å². The number of nitrogens with one attached hydrogen (secondary N) is 3. The highest BCUT2D eigenvalue weighted by molar-refractivity contribution is 5.94. The quantitative estimate of drug-likeness (QED) is 0.784. The van der Waals surface area contributed by atoms with Gasteiger partial charge in [0.25, 0.3) is 0 Å². The number of H-pyrrole nitrogens is 1. The van der Waals surface area contributed by atoms with Crippen LogP contribution in [-0.2, 0) is 9.53 Å². The van der Waals surface area contributed by atoms with E-state index in [0.717, 1.165) is 16.7 Å². The summed E-state index contributed by atoms with van der Waals surface area (Å²) in [5.41, 5.74) is 0.343. The Morgan fingerprint density at radius 2 is 1.96 bits per heavy atom. The predicted octanol–water partition coefficient (Wildman–Crippen LogP) is 3.03. The molecule has 0 aliphatic carbocycles. The molecular formula is C17H23N3O4. The fourth-order valence-electron chi connectivity index (χ4n) is 2.11. The third kappa shape index (κ3) is 5.19. The van der Waals surface area contributed by atoms with E-state index in [1.807, 2.05) is 24.3 Å². The Morgan fingerprint density at radius 1 is 1.21 bits per heavy atom. The van der Waals surface area contributed by atoms with E-state index in [2.05, 4.69) is 15.6 Å². The molecule has 0 bridgehead atoms. The molecular weight excluding hydrogens is 310 g/mol. The molecule has 1 aromatic heterocycles. The number of ether oxygens (including phenoxy) is 2. The molecule has 1 aromatic carbocycles. The molecule has 0 atom stereocenters. The third-order valence-electron chi connectivity index (χ3n) is 3.12. The normalized spacial score (nSPS) is 11.2. The highest BCUT2D eigenvalue weighted by Crippen LogP contribution is 2.23. The van der Waals surface area contributed by atoms with E-state index < -0.39 is 11.7 Å². The zero-order chi connectivity index (χ0) is 17.7. The lowest BCUT2D eigenvalue weighted by atomic mass is 10.2. The van der Waals surface area contributed by atoms with Crippen LogP contribution in [0.1, 0.15) is 27.2 Å². The van der Waals surface area contributed by atoms with Crippen molar-refractivity contribution in [3.8, 4) is 5.75 Å². The fraction of sp³-hybridized carbons (Fsp3) is 0.412. The minimum Gasteiger partial charge on any atom is -0.497 e. The number of amides is 2. The summed E-state index contributed by atoms with van der Waals surface area (Å²) >= 11 is 0. The lowest BCUT2D eigenvalue weighted by Crippen LogP contribution is -2.34. The van der Waals surface area contributed by atoms with Gasteiger partial charge in [0.15, 0.2) is 0 Å². The predicted molar refractivity (Wildman–Crippen MR) is 92.3 cm³/mol. The third-order valence-corrected chi connectivity index (χ3v) is 3.12. The van der Waals surface area contributed by atoms with E-state index in [1.165, 1.54) is 0 Å². The summed E-state index contributed by atoms with van der Waals surface area (Å²) in [4.78, 5) is 26.5. The molecule has 0 saturated carbocycles. The second-order valence-corrected chi connectivity index (χ2v) is 6.36. The van der Waals surface area contributed by atoms with Crippen molar-refractivity contribution in [2.24, 2.45) is 0 Å². The van der Waals surface area contributed by atoms with Crippen molar-refractivity contribution in [2.45, 2.75) is 32.8 Å². The van der Waals surface area contributed by atoms with Crippen LogP contribution in [0.3, 0.4) is 0 Å². The molecule has 24 heavy (non-hydrogen) atoms. The van der Waals surface area contributed by atoms with Crippen molar-refractivity contribution in [3.05, 3.63) is 24.3 Å². The molecule has 0 saturated heterocycles. The van der Waals surface area contributed by atoms with Gasteiger partial charge in [0.1, 0.15) is 17.2 Å². The number of aromatic amines is 1. The van der Waals surface area contributed by atoms with Crippen LogP contribution in [-0.4, -0.2) is 36.2 Å². The molecule has 0 unspecified atom stereocenters. The van der Waals surface area contributed by atoms with Crippen LogP contribution >= 0.6 is 0 Å². The largest absolute Gasteiger partial charge is 0.497 e. The first-order valence-corrected chi connectivity index (χ1v) is 7.70. The first kappa shape index (κ1) is 17.7. The minimum atomic E-state index is -0.558. The van der Waals surface area contributed by atoms with Gasteiger partial charge in [0.2, 0.25) is 5.91 Å². The van der Waals surface area contributed by atoms with Gasteiger partial charge in [-0.25, -0.2) is 4.79 Å². The van der Waals surface area contributed by atoms with Gasteiger partial charge >= 0.3 is 6.09 Å². The summed E-state index contributed by atoms with van der Waals surface area (Å²) in [6.45, 7) is 5.55. The van der Waals surface area contributed by atoms with E-state index >= 15 is 0 Å². The van der Waals surface area contributed by atoms with Crippen LogP contribution in [0.15, 0.2) is 24.3 Å². The average molecular weight is 333 g/mol. The number of fused-ring (bicyclic) bond motifs is 1. The number of anilines is 1. The van der Waals surface area contributed by atoms with Gasteiger partial charge in [0, 0.05) is 23.9 Å². The van der Waals surface area contributed by atoms with Gasteiger partial charge in [-0.2, -0.15) is 0 Å². The zero-order valence-corrected chi connectivity index (χ0v) is 14.4. The Balaban J connectivity index is 1.83. The molecule has 2 rings (SSSR count). The first-order valence-electron chi connectivity index (χ1n) is 7.70. The summed E-state index contributed by atoms with van der Waals surface area (Å²) < 4.78 is 10.3. The molecule has 7 nitrogen and oxygen atoms in total. The molecule has 7 heteroatoms. The van der Waals surface area contributed by atoms with Gasteiger partial charge in [-0.05, 0) is 45.0 Å². The standard InChI is InChI=1S/C17H23N3O4/c1-17(2,3)24-16(22)18-8-7-15(21)20-14-10-11-9-12(23-4)5-6-13(11)19-14/h5-6,9-10,19H,7-8H2,1-4H3,(H,18,22)(H,20,21). The zero-order valence-electron chi connectivity index (χ0n) is 14.4. The van der Waals surface area contributed by atoms with Crippen LogP contribution < -0.4 is 15.4 Å². The maximum Gasteiger partial charge on any atom is 0.407 e. The Hall–Kier alpha value is -2.70. The number of carbonyl (C=O) groups is 2. The Labute approximate surface area is 140 Å². The molecule has 0 spiro atoms. The lowest BCUT2D eigenvalue weighted by molar-refractivity contribution is -0.116. The highest BCUT2D eigenvalue weighted by atomic mass is 16.6. The number of hydrogen-bond acceptors (Lipinski definition) is 4. The monoisotopic (exact) mass is 333 g/mol. The van der Waals surface area contributed by atoms with Crippen molar-refractivity contribution < 1.29 is 19.1 Å². The number of methoxy groups -OCH3 is 1. The SMILES string of the molecule is COc1ccc2[nH]c(NC(=O)CCNC(=O)OC(C)(C)C)cc2c1. The number of hydrogen-bond donors (Lipinski definition) is 3. The molecule has 2 amide bonds. The number of alkyl carbamates (subject to hydrolysis) is 1. The van der Waals surface area contributed by atoms with Crippen LogP contribution in [0.2, 0.25) is 0 Å². The fourth-order valence-corrected chi connectivity index (χ4v) is 2.11. The second-order valence-electron chi connectivity index (χ2n) is 6.36. The summed E-state index contributed by atoms with van der Waals surface area (Å²) in [6, 6.07) is 7.44. The van der Waals surface area contributed by atoms with Crippen molar-refractivity contribution in [2.75, 3.05) is 19.0 Å². The Bertz CT molecular complexity index is 731. The molecule has 1 heterocycles. The highest BCUT2D eigenvalue weighted by Gasteiger charge is 2.16. The van der Waals surface area contributed by atoms with E-state index in [1.54, 1.807) is 27.9 Å². The van der Waals surface area contributed by atoms with Crippen LogP contribution in [0.4, 0.5) is 10.6 Å². The number of aromatic nitrogens is 1. The van der Waals surface area contributed by atoms with E-state index in [0.29, 0.717) is 5.82 Å². The molecule has 0 aliphatic heterocycles. The van der Waals surface area contributed by atoms with E-state index in [4.69, 9.17) is 9.47 Å². The second kappa shape index (κ2) is 7.25. The molecule has 0 fully saturated rings. The van der Waals surface area contributed by atoms with Crippen molar-refractivity contribution in [1.29, 1.82) is 0 Å². The lowest BCUT2D eigenvalue weighted by Gasteiger charge is -2.19. The average Bonchev–Trinajstić information content (AvgIpc) is 2.86. The van der Waals surface area contributed by atoms with Gasteiger partial charge in [-0.1, -0.05) is 0 Å². The molecule has 0 aliphatic rings. The summed E-state index contributed by atoms with van der Waals surface area (Å²) in [6.07, 6.45) is -0.384. The number of carbonyl (C=O) groups excluding carboxylic acids is 2. The summed E-state index contributed by atoms with van der Waals surface area (Å²) in [5.74, 6) is 1.14. The van der Waals surface area contributed by atoms with Crippen LogP contribution in [0.25, 0.3) is 10.9 Å². The first-order chi connectivity index (χ1) is 11.3. The van der Waals surface area contributed by atoms with E-state index in [-0.39, 0.29) is 18.9 Å². The van der Waals surface area contributed by atoms with Gasteiger partial charge in [-0.15, -0.1) is 0 Å². The molecule has 3 N–H and O–H groups in total. The van der Waals surface area contributed by atoms with Crippen LogP contribution in [0, 0.1) is 0 Å².